The van der Waals surface area contributed by atoms with E-state index in [1.165, 1.54) is 20.1 Å². The Labute approximate surface area is 240 Å². The van der Waals surface area contributed by atoms with Gasteiger partial charge >= 0.3 is 12.1 Å². The third kappa shape index (κ3) is 6.46. The van der Waals surface area contributed by atoms with Gasteiger partial charge in [-0.2, -0.15) is 13.2 Å². The van der Waals surface area contributed by atoms with Gasteiger partial charge in [0.15, 0.2) is 13.2 Å². The van der Waals surface area contributed by atoms with Crippen molar-refractivity contribution in [3.8, 4) is 10.8 Å². The number of rotatable bonds is 8. The number of benzene rings is 1. The highest BCUT2D eigenvalue weighted by atomic mass is 32.1. The van der Waals surface area contributed by atoms with Crippen LogP contribution in [0.4, 0.5) is 17.6 Å². The standard InChI is InChI=1S/C28H31F4N3O4SSi/c1-16(19-9-8-17(29)10-20(19)28(30,31)32)39-23-12-24(40-25(23)26(36)37-5)35-15-34-21-13-33-18(11-22(21)35)14-38-41(6,7)27(2,3)4/h8-13,15-16H,14H2,1-7H3. The molecule has 41 heavy (non-hydrogen) atoms. The van der Waals surface area contributed by atoms with Crippen LogP contribution >= 0.6 is 11.3 Å². The van der Waals surface area contributed by atoms with Gasteiger partial charge in [0.05, 0.1) is 36.7 Å². The fourth-order valence-electron chi connectivity index (χ4n) is 3.86. The number of halogens is 4. The maximum Gasteiger partial charge on any atom is 0.416 e. The van der Waals surface area contributed by atoms with E-state index in [-0.39, 0.29) is 21.2 Å². The van der Waals surface area contributed by atoms with Gasteiger partial charge in [0, 0.05) is 11.6 Å². The van der Waals surface area contributed by atoms with Crippen LogP contribution in [0, 0.1) is 5.82 Å². The molecule has 0 fully saturated rings. The summed E-state index contributed by atoms with van der Waals surface area (Å²) in [5.74, 6) is -1.70. The molecule has 3 aromatic heterocycles. The van der Waals surface area contributed by atoms with Crippen molar-refractivity contribution in [3.05, 3.63) is 70.4 Å². The van der Waals surface area contributed by atoms with E-state index in [2.05, 4.69) is 43.8 Å². The van der Waals surface area contributed by atoms with Crippen molar-refractivity contribution in [2.24, 2.45) is 0 Å². The maximum absolute atomic E-state index is 13.6. The zero-order valence-corrected chi connectivity index (χ0v) is 25.5. The van der Waals surface area contributed by atoms with Crippen molar-refractivity contribution >= 4 is 36.7 Å². The lowest BCUT2D eigenvalue weighted by atomic mass is 10.0. The topological polar surface area (TPSA) is 75.5 Å². The van der Waals surface area contributed by atoms with Gasteiger partial charge in [-0.05, 0) is 43.3 Å². The Morgan fingerprint density at radius 1 is 1.12 bits per heavy atom. The number of carbonyl (C=O) groups is 1. The van der Waals surface area contributed by atoms with E-state index in [4.69, 9.17) is 13.9 Å². The minimum absolute atomic E-state index is 0.0270. The van der Waals surface area contributed by atoms with Gasteiger partial charge in [-0.1, -0.05) is 26.8 Å². The lowest BCUT2D eigenvalue weighted by Crippen LogP contribution is -2.40. The fraction of sp³-hybridized carbons (Fsp3) is 0.393. The average Bonchev–Trinajstić information content (AvgIpc) is 3.49. The van der Waals surface area contributed by atoms with Crippen molar-refractivity contribution in [1.29, 1.82) is 0 Å². The summed E-state index contributed by atoms with van der Waals surface area (Å²) in [4.78, 5) is 21.6. The first kappa shape index (κ1) is 30.7. The van der Waals surface area contributed by atoms with E-state index >= 15 is 0 Å². The Morgan fingerprint density at radius 3 is 2.46 bits per heavy atom. The number of carbonyl (C=O) groups excluding carboxylic acids is 1. The number of hydrogen-bond donors (Lipinski definition) is 0. The Hall–Kier alpha value is -3.29. The van der Waals surface area contributed by atoms with E-state index in [9.17, 15) is 22.4 Å². The van der Waals surface area contributed by atoms with Gasteiger partial charge in [-0.3, -0.25) is 9.55 Å². The first-order valence-electron chi connectivity index (χ1n) is 12.7. The molecule has 1 atom stereocenters. The highest BCUT2D eigenvalue weighted by Gasteiger charge is 2.37. The molecule has 0 saturated heterocycles. The third-order valence-corrected chi connectivity index (χ3v) is 12.8. The minimum atomic E-state index is -4.80. The molecule has 0 spiro atoms. The number of alkyl halides is 3. The zero-order chi connectivity index (χ0) is 30.3. The van der Waals surface area contributed by atoms with Crippen molar-refractivity contribution in [3.63, 3.8) is 0 Å². The van der Waals surface area contributed by atoms with Crippen LogP contribution in [0.3, 0.4) is 0 Å². The summed E-state index contributed by atoms with van der Waals surface area (Å²) in [6.45, 7) is 12.5. The second kappa shape index (κ2) is 11.2. The predicted molar refractivity (Wildman–Crippen MR) is 151 cm³/mol. The van der Waals surface area contributed by atoms with Gasteiger partial charge in [0.25, 0.3) is 0 Å². The maximum atomic E-state index is 13.6. The Balaban J connectivity index is 1.69. The molecule has 3 heterocycles. The molecule has 0 amide bonds. The molecular weight excluding hydrogens is 578 g/mol. The van der Waals surface area contributed by atoms with Crippen LogP contribution in [0.1, 0.15) is 60.3 Å². The van der Waals surface area contributed by atoms with Crippen LogP contribution in [-0.4, -0.2) is 35.9 Å². The van der Waals surface area contributed by atoms with Crippen molar-refractivity contribution in [2.75, 3.05) is 7.11 Å². The summed E-state index contributed by atoms with van der Waals surface area (Å²) in [5.41, 5.74) is 0.582. The molecule has 1 unspecified atom stereocenters. The predicted octanol–water partition coefficient (Wildman–Crippen LogP) is 8.09. The molecule has 1 aromatic carbocycles. The van der Waals surface area contributed by atoms with Crippen LogP contribution in [0.2, 0.25) is 18.1 Å². The molecule has 0 aliphatic rings. The second-order valence-electron chi connectivity index (χ2n) is 11.1. The number of fused-ring (bicyclic) bond motifs is 1. The van der Waals surface area contributed by atoms with Gasteiger partial charge in [-0.15, -0.1) is 11.3 Å². The Kier molecular flexibility index (Phi) is 8.36. The number of hydrogen-bond acceptors (Lipinski definition) is 7. The summed E-state index contributed by atoms with van der Waals surface area (Å²) in [5, 5.41) is 0.551. The van der Waals surface area contributed by atoms with Gasteiger partial charge < -0.3 is 13.9 Å². The first-order valence-corrected chi connectivity index (χ1v) is 16.5. The normalized spacial score (nSPS) is 13.4. The van der Waals surface area contributed by atoms with Crippen LogP contribution in [0.15, 0.2) is 42.9 Å². The van der Waals surface area contributed by atoms with E-state index in [0.717, 1.165) is 23.5 Å². The Morgan fingerprint density at radius 2 is 1.83 bits per heavy atom. The molecule has 220 valence electrons. The van der Waals surface area contributed by atoms with Gasteiger partial charge in [0.1, 0.15) is 34.5 Å². The number of thiophene rings is 1. The summed E-state index contributed by atoms with van der Waals surface area (Å²) >= 11 is 1.04. The number of aromatic nitrogens is 3. The molecule has 7 nitrogen and oxygen atoms in total. The minimum Gasteiger partial charge on any atom is -0.484 e. The Bertz CT molecular complexity index is 1580. The SMILES string of the molecule is COC(=O)c1sc(-n2cnc3cnc(CO[Si](C)(C)C(C)(C)C)cc32)cc1OC(C)c1ccc(F)cc1C(F)(F)F. The molecule has 0 saturated carbocycles. The number of imidazole rings is 1. The summed E-state index contributed by atoms with van der Waals surface area (Å²) in [7, 11) is -0.822. The molecular formula is C28H31F4N3O4SSi. The second-order valence-corrected chi connectivity index (χ2v) is 16.9. The van der Waals surface area contributed by atoms with Crippen LogP contribution in [0.5, 0.6) is 5.75 Å². The van der Waals surface area contributed by atoms with Crippen LogP contribution in [0.25, 0.3) is 16.0 Å². The smallest absolute Gasteiger partial charge is 0.416 e. The number of esters is 1. The molecule has 0 aliphatic heterocycles. The van der Waals surface area contributed by atoms with Gasteiger partial charge in [0.2, 0.25) is 0 Å². The van der Waals surface area contributed by atoms with E-state index in [1.807, 2.05) is 6.07 Å². The van der Waals surface area contributed by atoms with Crippen LogP contribution < -0.4 is 4.74 Å². The summed E-state index contributed by atoms with van der Waals surface area (Å²) in [6.07, 6.45) is -2.76. The van der Waals surface area contributed by atoms with Gasteiger partial charge in [-0.25, -0.2) is 14.2 Å². The number of nitrogens with zero attached hydrogens (tertiary/aromatic N) is 3. The highest BCUT2D eigenvalue weighted by molar-refractivity contribution is 7.16. The van der Waals surface area contributed by atoms with E-state index < -0.39 is 37.9 Å². The van der Waals surface area contributed by atoms with Crippen molar-refractivity contribution in [2.45, 2.75) is 64.7 Å². The quantitative estimate of drug-likeness (QED) is 0.114. The number of pyridine rings is 1. The summed E-state index contributed by atoms with van der Waals surface area (Å²) in [6, 6.07) is 5.77. The van der Waals surface area contributed by atoms with Crippen LogP contribution in [-0.2, 0) is 21.9 Å². The fourth-order valence-corrected chi connectivity index (χ4v) is 5.80. The number of methoxy groups -OCH3 is 1. The largest absolute Gasteiger partial charge is 0.484 e. The monoisotopic (exact) mass is 609 g/mol. The van der Waals surface area contributed by atoms with Crippen molar-refractivity contribution in [1.82, 2.24) is 14.5 Å². The zero-order valence-electron chi connectivity index (χ0n) is 23.7. The average molecular weight is 610 g/mol. The molecule has 13 heteroatoms. The highest BCUT2D eigenvalue weighted by Crippen LogP contribution is 2.40. The first-order chi connectivity index (χ1) is 19.0. The lowest BCUT2D eigenvalue weighted by Gasteiger charge is -2.36. The molecule has 4 aromatic rings. The van der Waals surface area contributed by atoms with Crippen molar-refractivity contribution < 1.29 is 36.3 Å². The summed E-state index contributed by atoms with van der Waals surface area (Å²) < 4.78 is 73.3. The van der Waals surface area contributed by atoms with E-state index in [1.54, 1.807) is 17.1 Å². The molecule has 0 bridgehead atoms. The molecule has 0 aliphatic carbocycles. The molecule has 4 rings (SSSR count). The lowest BCUT2D eigenvalue weighted by molar-refractivity contribution is -0.139. The third-order valence-electron chi connectivity index (χ3n) is 7.23. The number of ether oxygens (including phenoxy) is 2. The molecule has 0 N–H and O–H groups in total. The molecule has 0 radical (unpaired) electrons. The van der Waals surface area contributed by atoms with E-state index in [0.29, 0.717) is 34.4 Å².